The minimum atomic E-state index is -0.299. The summed E-state index contributed by atoms with van der Waals surface area (Å²) < 4.78 is 24.9. The highest BCUT2D eigenvalue weighted by molar-refractivity contribution is 7.17. The molecule has 0 saturated heterocycles. The Bertz CT molecular complexity index is 1320. The van der Waals surface area contributed by atoms with E-state index in [9.17, 15) is 14.0 Å². The van der Waals surface area contributed by atoms with Crippen molar-refractivity contribution in [2.45, 2.75) is 12.8 Å². The molecule has 0 atom stereocenters. The molecule has 162 valence electrons. The first-order valence-corrected chi connectivity index (χ1v) is 10.7. The van der Waals surface area contributed by atoms with Gasteiger partial charge < -0.3 is 9.47 Å². The number of carbonyl (C=O) groups is 2. The standard InChI is InChI=1S/C24H19FN2O4S/c1-30-22-9-6-14(10-23(22)31-2)20(28)7-8-21(29)19-12-26-11-18(27-19)16-13-32-24-15(16)4-3-5-17(24)25/h3-6,9-13H,7-8H2,1-2H3. The van der Waals surface area contributed by atoms with Crippen LogP contribution in [0.4, 0.5) is 4.39 Å². The zero-order valence-electron chi connectivity index (χ0n) is 17.4. The monoisotopic (exact) mass is 450 g/mol. The van der Waals surface area contributed by atoms with E-state index in [4.69, 9.17) is 9.47 Å². The number of carbonyl (C=O) groups excluding carboxylic acids is 2. The van der Waals surface area contributed by atoms with Crippen molar-refractivity contribution in [3.05, 3.63) is 71.2 Å². The van der Waals surface area contributed by atoms with Gasteiger partial charge in [0.2, 0.25) is 0 Å². The van der Waals surface area contributed by atoms with E-state index in [2.05, 4.69) is 9.97 Å². The lowest BCUT2D eigenvalue weighted by molar-refractivity contribution is 0.0914. The molecule has 0 fully saturated rings. The van der Waals surface area contributed by atoms with E-state index >= 15 is 0 Å². The van der Waals surface area contributed by atoms with Gasteiger partial charge in [0.15, 0.2) is 23.1 Å². The van der Waals surface area contributed by atoms with Gasteiger partial charge in [0.25, 0.3) is 0 Å². The molecule has 0 bridgehead atoms. The Morgan fingerprint density at radius 1 is 1.00 bits per heavy atom. The average Bonchev–Trinajstić information content (AvgIpc) is 3.27. The Morgan fingerprint density at radius 3 is 2.56 bits per heavy atom. The van der Waals surface area contributed by atoms with Crippen molar-refractivity contribution in [3.63, 3.8) is 0 Å². The molecule has 4 rings (SSSR count). The molecule has 2 heterocycles. The molecular formula is C24H19FN2O4S. The second-order valence-corrected chi connectivity index (χ2v) is 7.85. The molecule has 6 nitrogen and oxygen atoms in total. The molecule has 32 heavy (non-hydrogen) atoms. The highest BCUT2D eigenvalue weighted by atomic mass is 32.1. The number of hydrogen-bond acceptors (Lipinski definition) is 7. The summed E-state index contributed by atoms with van der Waals surface area (Å²) in [5.41, 5.74) is 1.80. The summed E-state index contributed by atoms with van der Waals surface area (Å²) in [6.07, 6.45) is 2.93. The molecule has 2 aromatic heterocycles. The van der Waals surface area contributed by atoms with Crippen LogP contribution in [0.25, 0.3) is 21.3 Å². The van der Waals surface area contributed by atoms with Gasteiger partial charge in [-0.25, -0.2) is 9.37 Å². The van der Waals surface area contributed by atoms with E-state index in [1.54, 1.807) is 29.6 Å². The number of aromatic nitrogens is 2. The van der Waals surface area contributed by atoms with Crippen LogP contribution in [-0.2, 0) is 0 Å². The summed E-state index contributed by atoms with van der Waals surface area (Å²) in [6.45, 7) is 0. The normalized spacial score (nSPS) is 10.8. The Kier molecular flexibility index (Phi) is 6.23. The van der Waals surface area contributed by atoms with Gasteiger partial charge in [0.05, 0.1) is 37.0 Å². The number of ether oxygens (including phenoxy) is 2. The zero-order valence-corrected chi connectivity index (χ0v) is 18.2. The number of halogens is 1. The summed E-state index contributed by atoms with van der Waals surface area (Å²) >= 11 is 1.28. The van der Waals surface area contributed by atoms with Crippen molar-refractivity contribution in [3.8, 4) is 22.8 Å². The van der Waals surface area contributed by atoms with Crippen LogP contribution in [0, 0.1) is 5.82 Å². The molecule has 0 unspecified atom stereocenters. The van der Waals surface area contributed by atoms with Gasteiger partial charge in [-0.1, -0.05) is 12.1 Å². The summed E-state index contributed by atoms with van der Waals surface area (Å²) in [7, 11) is 3.01. The molecule has 0 aliphatic rings. The summed E-state index contributed by atoms with van der Waals surface area (Å²) in [6, 6.07) is 9.72. The third-order valence-corrected chi connectivity index (χ3v) is 6.04. The van der Waals surface area contributed by atoms with Crippen LogP contribution in [0.1, 0.15) is 33.7 Å². The fraction of sp³-hybridized carbons (Fsp3) is 0.167. The highest BCUT2D eigenvalue weighted by Crippen LogP contribution is 2.34. The summed E-state index contributed by atoms with van der Waals surface area (Å²) in [5, 5.41) is 2.52. The van der Waals surface area contributed by atoms with Crippen LogP contribution >= 0.6 is 11.3 Å². The Labute approximate surface area is 187 Å². The maximum atomic E-state index is 14.0. The first-order valence-electron chi connectivity index (χ1n) is 9.78. The van der Waals surface area contributed by atoms with Crippen LogP contribution in [0.15, 0.2) is 54.2 Å². The van der Waals surface area contributed by atoms with Crippen molar-refractivity contribution < 1.29 is 23.5 Å². The third kappa shape index (κ3) is 4.22. The zero-order chi connectivity index (χ0) is 22.7. The van der Waals surface area contributed by atoms with Crippen molar-refractivity contribution in [1.29, 1.82) is 0 Å². The molecule has 0 aliphatic heterocycles. The number of hydrogen-bond donors (Lipinski definition) is 0. The van der Waals surface area contributed by atoms with Gasteiger partial charge in [-0.05, 0) is 24.3 Å². The van der Waals surface area contributed by atoms with Crippen molar-refractivity contribution in [2.24, 2.45) is 0 Å². The quantitative estimate of drug-likeness (QED) is 0.336. The molecule has 2 aromatic carbocycles. The van der Waals surface area contributed by atoms with Gasteiger partial charge in [-0.15, -0.1) is 11.3 Å². The van der Waals surface area contributed by atoms with Crippen LogP contribution in [-0.4, -0.2) is 35.8 Å². The summed E-state index contributed by atoms with van der Waals surface area (Å²) in [4.78, 5) is 33.8. The van der Waals surface area contributed by atoms with Crippen molar-refractivity contribution >= 4 is 33.0 Å². The van der Waals surface area contributed by atoms with Crippen LogP contribution in [0.3, 0.4) is 0 Å². The predicted octanol–water partition coefficient (Wildman–Crippen LogP) is 5.36. The van der Waals surface area contributed by atoms with Gasteiger partial charge in [0.1, 0.15) is 11.5 Å². The number of rotatable bonds is 8. The number of nitrogens with zero attached hydrogens (tertiary/aromatic N) is 2. The van der Waals surface area contributed by atoms with E-state index < -0.39 is 0 Å². The minimum Gasteiger partial charge on any atom is -0.493 e. The lowest BCUT2D eigenvalue weighted by Crippen LogP contribution is -2.08. The first-order chi connectivity index (χ1) is 15.5. The molecule has 0 saturated carbocycles. The molecule has 0 amide bonds. The van der Waals surface area contributed by atoms with Crippen LogP contribution in [0.5, 0.6) is 11.5 Å². The topological polar surface area (TPSA) is 78.4 Å². The lowest BCUT2D eigenvalue weighted by atomic mass is 10.0. The second-order valence-electron chi connectivity index (χ2n) is 6.97. The largest absolute Gasteiger partial charge is 0.493 e. The first kappa shape index (κ1) is 21.6. The van der Waals surface area contributed by atoms with Crippen LogP contribution < -0.4 is 9.47 Å². The van der Waals surface area contributed by atoms with E-state index in [0.29, 0.717) is 33.0 Å². The van der Waals surface area contributed by atoms with E-state index in [0.717, 1.165) is 5.39 Å². The molecule has 0 spiro atoms. The summed E-state index contributed by atoms with van der Waals surface area (Å²) in [5.74, 6) is 0.185. The molecule has 0 radical (unpaired) electrons. The molecule has 0 aliphatic carbocycles. The van der Waals surface area contributed by atoms with Crippen molar-refractivity contribution in [2.75, 3.05) is 14.2 Å². The second kappa shape index (κ2) is 9.23. The van der Waals surface area contributed by atoms with Gasteiger partial charge >= 0.3 is 0 Å². The van der Waals surface area contributed by atoms with E-state index in [-0.39, 0.29) is 35.9 Å². The van der Waals surface area contributed by atoms with Crippen LogP contribution in [0.2, 0.25) is 0 Å². The number of Topliss-reactive ketones (excluding diaryl/α,β-unsaturated/α-hetero) is 2. The SMILES string of the molecule is COc1ccc(C(=O)CCC(=O)c2cncc(-c3csc4c(F)cccc34)n2)cc1OC. The number of fused-ring (bicyclic) bond motifs is 1. The average molecular weight is 450 g/mol. The molecule has 0 N–H and O–H groups in total. The van der Waals surface area contributed by atoms with E-state index in [1.165, 1.54) is 44.0 Å². The van der Waals surface area contributed by atoms with E-state index in [1.807, 2.05) is 6.07 Å². The fourth-order valence-electron chi connectivity index (χ4n) is 3.36. The molecule has 4 aromatic rings. The maximum Gasteiger partial charge on any atom is 0.183 e. The van der Waals surface area contributed by atoms with Crippen molar-refractivity contribution in [1.82, 2.24) is 9.97 Å². The Hall–Kier alpha value is -3.65. The highest BCUT2D eigenvalue weighted by Gasteiger charge is 2.17. The van der Waals surface area contributed by atoms with Gasteiger partial charge in [0, 0.05) is 34.7 Å². The van der Waals surface area contributed by atoms with Gasteiger partial charge in [-0.2, -0.15) is 0 Å². The minimum absolute atomic E-state index is 0.00960. The fourth-order valence-corrected chi connectivity index (χ4v) is 4.33. The number of methoxy groups -OCH3 is 2. The maximum absolute atomic E-state index is 14.0. The Morgan fingerprint density at radius 2 is 1.78 bits per heavy atom. The smallest absolute Gasteiger partial charge is 0.183 e. The number of benzene rings is 2. The lowest BCUT2D eigenvalue weighted by Gasteiger charge is -2.09. The van der Waals surface area contributed by atoms with Gasteiger partial charge in [-0.3, -0.25) is 14.6 Å². The predicted molar refractivity (Wildman–Crippen MR) is 120 cm³/mol. The third-order valence-electron chi connectivity index (χ3n) is 5.03. The molecular weight excluding hydrogens is 431 g/mol. The Balaban J connectivity index is 1.50. The number of thiophene rings is 1. The molecule has 8 heteroatoms. The number of ketones is 2.